The van der Waals surface area contributed by atoms with Crippen LogP contribution < -0.4 is 20.0 Å². The lowest BCUT2D eigenvalue weighted by Crippen LogP contribution is -2.42. The Labute approximate surface area is 178 Å². The molecule has 3 aromatic rings. The molecule has 3 aromatic carbocycles. The average molecular weight is 471 g/mol. The number of hydrogen-bond donors (Lipinski definition) is 1. The second-order valence-corrected chi connectivity index (χ2v) is 7.26. The Hall–Kier alpha value is -3.66. The van der Waals surface area contributed by atoms with Crippen molar-refractivity contribution in [3.05, 3.63) is 68.7 Å². The SMILES string of the molecule is O=C(N/N=C\c1cc([N+](=O)[O-])cc(Br)c1[O-])[C@@H]1COc2cc3ccccc3cc2O1. The fourth-order valence-electron chi connectivity index (χ4n) is 2.92. The van der Waals surface area contributed by atoms with E-state index in [0.29, 0.717) is 11.5 Å². The van der Waals surface area contributed by atoms with E-state index in [1.54, 1.807) is 6.07 Å². The van der Waals surface area contributed by atoms with Crippen LogP contribution >= 0.6 is 15.9 Å². The molecule has 1 amide bonds. The van der Waals surface area contributed by atoms with Crippen molar-refractivity contribution in [2.24, 2.45) is 5.10 Å². The minimum atomic E-state index is -0.945. The molecule has 0 unspecified atom stereocenters. The maximum absolute atomic E-state index is 12.4. The van der Waals surface area contributed by atoms with E-state index in [9.17, 15) is 20.0 Å². The third-order valence-corrected chi connectivity index (χ3v) is 5.00. The van der Waals surface area contributed by atoms with Crippen molar-refractivity contribution in [2.75, 3.05) is 6.61 Å². The van der Waals surface area contributed by atoms with Crippen molar-refractivity contribution in [1.29, 1.82) is 0 Å². The summed E-state index contributed by atoms with van der Waals surface area (Å²) < 4.78 is 11.4. The molecular formula is C20H13BrN3O6-. The van der Waals surface area contributed by atoms with Gasteiger partial charge in [-0.1, -0.05) is 45.9 Å². The lowest BCUT2D eigenvalue weighted by molar-refractivity contribution is -0.385. The van der Waals surface area contributed by atoms with E-state index in [2.05, 4.69) is 26.5 Å². The summed E-state index contributed by atoms with van der Waals surface area (Å²) in [7, 11) is 0. The zero-order valence-electron chi connectivity index (χ0n) is 15.2. The zero-order valence-corrected chi connectivity index (χ0v) is 16.8. The van der Waals surface area contributed by atoms with Crippen molar-refractivity contribution in [1.82, 2.24) is 5.43 Å². The number of hydrazone groups is 1. The number of carbonyl (C=O) groups is 1. The number of non-ortho nitro benzene ring substituents is 1. The minimum Gasteiger partial charge on any atom is -0.871 e. The predicted octanol–water partition coefficient (Wildman–Crippen LogP) is 2.87. The van der Waals surface area contributed by atoms with Gasteiger partial charge < -0.3 is 14.6 Å². The maximum atomic E-state index is 12.4. The zero-order chi connectivity index (χ0) is 21.3. The van der Waals surface area contributed by atoms with Crippen molar-refractivity contribution in [3.8, 4) is 17.2 Å². The summed E-state index contributed by atoms with van der Waals surface area (Å²) in [6, 6.07) is 13.5. The molecule has 1 atom stereocenters. The first kappa shape index (κ1) is 19.6. The van der Waals surface area contributed by atoms with Crippen LogP contribution in [0.15, 0.2) is 58.1 Å². The fourth-order valence-corrected chi connectivity index (χ4v) is 3.39. The van der Waals surface area contributed by atoms with E-state index in [1.165, 1.54) is 0 Å². The van der Waals surface area contributed by atoms with E-state index >= 15 is 0 Å². The molecule has 0 radical (unpaired) electrons. The molecule has 30 heavy (non-hydrogen) atoms. The minimum absolute atomic E-state index is 0.0120. The van der Waals surface area contributed by atoms with Gasteiger partial charge in [0.1, 0.15) is 6.61 Å². The molecule has 1 aliphatic rings. The number of nitro groups is 1. The number of nitrogens with one attached hydrogen (secondary N) is 1. The van der Waals surface area contributed by atoms with Crippen LogP contribution in [0.1, 0.15) is 5.56 Å². The maximum Gasteiger partial charge on any atom is 0.284 e. The third-order valence-electron chi connectivity index (χ3n) is 4.41. The van der Waals surface area contributed by atoms with Crippen molar-refractivity contribution in [3.63, 3.8) is 0 Å². The first-order valence-electron chi connectivity index (χ1n) is 8.72. The molecule has 0 saturated carbocycles. The van der Waals surface area contributed by atoms with Gasteiger partial charge in [0, 0.05) is 16.6 Å². The van der Waals surface area contributed by atoms with Gasteiger partial charge in [-0.3, -0.25) is 14.9 Å². The highest BCUT2D eigenvalue weighted by atomic mass is 79.9. The molecular weight excluding hydrogens is 458 g/mol. The van der Waals surface area contributed by atoms with Crippen LogP contribution in [0.4, 0.5) is 5.69 Å². The molecule has 10 heteroatoms. The standard InChI is InChI=1S/C20H14BrN3O6/c21-15-8-14(24(27)28)5-13(19(15)25)9-22-23-20(26)18-10-29-16-6-11-3-1-2-4-12(11)7-17(16)30-18/h1-9,18,25H,10H2,(H,23,26)/p-1/b22-9-/t18-/m0/s1. The van der Waals surface area contributed by atoms with Gasteiger partial charge in [-0.25, -0.2) is 5.43 Å². The number of benzene rings is 3. The van der Waals surface area contributed by atoms with Gasteiger partial charge in [0.05, 0.1) is 11.1 Å². The number of ether oxygens (including phenoxy) is 2. The second kappa shape index (κ2) is 7.99. The summed E-state index contributed by atoms with van der Waals surface area (Å²) in [5.74, 6) is -0.0918. The fraction of sp³-hybridized carbons (Fsp3) is 0.100. The quantitative estimate of drug-likeness (QED) is 0.354. The van der Waals surface area contributed by atoms with Crippen LogP contribution in [0.3, 0.4) is 0 Å². The number of carbonyl (C=O) groups excluding carboxylic acids is 1. The van der Waals surface area contributed by atoms with E-state index in [0.717, 1.165) is 29.1 Å². The largest absolute Gasteiger partial charge is 0.871 e. The molecule has 1 aliphatic heterocycles. The van der Waals surface area contributed by atoms with Gasteiger partial charge in [-0.2, -0.15) is 5.10 Å². The Morgan fingerprint density at radius 3 is 2.60 bits per heavy atom. The Balaban J connectivity index is 1.46. The van der Waals surface area contributed by atoms with Crippen LogP contribution in [0.25, 0.3) is 10.8 Å². The molecule has 152 valence electrons. The Bertz CT molecular complexity index is 1200. The first-order chi connectivity index (χ1) is 14.4. The van der Waals surface area contributed by atoms with Crippen LogP contribution in [0.5, 0.6) is 17.2 Å². The lowest BCUT2D eigenvalue weighted by atomic mass is 10.1. The van der Waals surface area contributed by atoms with E-state index in [-0.39, 0.29) is 22.3 Å². The summed E-state index contributed by atoms with van der Waals surface area (Å²) in [6.07, 6.45) is 0.0998. The first-order valence-corrected chi connectivity index (χ1v) is 9.52. The monoisotopic (exact) mass is 470 g/mol. The summed E-state index contributed by atoms with van der Waals surface area (Å²) in [5, 5.41) is 28.6. The smallest absolute Gasteiger partial charge is 0.284 e. The number of hydrogen-bond acceptors (Lipinski definition) is 7. The van der Waals surface area contributed by atoms with Gasteiger partial charge in [-0.15, -0.1) is 0 Å². The van der Waals surface area contributed by atoms with Gasteiger partial charge in [0.2, 0.25) is 6.10 Å². The van der Waals surface area contributed by atoms with Crippen molar-refractivity contribution in [2.45, 2.75) is 6.10 Å². The normalized spacial score (nSPS) is 15.3. The van der Waals surface area contributed by atoms with Crippen LogP contribution in [0.2, 0.25) is 0 Å². The van der Waals surface area contributed by atoms with E-state index < -0.39 is 22.7 Å². The van der Waals surface area contributed by atoms with Crippen LogP contribution in [-0.2, 0) is 4.79 Å². The number of amides is 1. The highest BCUT2D eigenvalue weighted by Gasteiger charge is 2.27. The predicted molar refractivity (Wildman–Crippen MR) is 110 cm³/mol. The summed E-state index contributed by atoms with van der Waals surface area (Å²) in [6.45, 7) is -0.0120. The van der Waals surface area contributed by atoms with E-state index in [1.807, 2.05) is 30.3 Å². The van der Waals surface area contributed by atoms with E-state index in [4.69, 9.17) is 9.47 Å². The van der Waals surface area contributed by atoms with Gasteiger partial charge in [0.25, 0.3) is 11.6 Å². The highest BCUT2D eigenvalue weighted by Crippen LogP contribution is 2.36. The lowest BCUT2D eigenvalue weighted by Gasteiger charge is -2.25. The van der Waals surface area contributed by atoms with Gasteiger partial charge in [-0.05, 0) is 28.5 Å². The average Bonchev–Trinajstić information content (AvgIpc) is 2.74. The Morgan fingerprint density at radius 1 is 1.20 bits per heavy atom. The molecule has 4 rings (SSSR count). The number of fused-ring (bicyclic) bond motifs is 2. The molecule has 0 spiro atoms. The Kier molecular flexibility index (Phi) is 5.23. The molecule has 0 aromatic heterocycles. The number of halogens is 1. The molecule has 0 saturated heterocycles. The number of nitrogens with zero attached hydrogens (tertiary/aromatic N) is 2. The van der Waals surface area contributed by atoms with Crippen molar-refractivity contribution >= 4 is 44.5 Å². The summed E-state index contributed by atoms with van der Waals surface area (Å²) >= 11 is 2.98. The number of nitro benzene ring substituents is 1. The summed E-state index contributed by atoms with van der Waals surface area (Å²) in [4.78, 5) is 22.7. The van der Waals surface area contributed by atoms with Crippen molar-refractivity contribution < 1.29 is 24.3 Å². The molecule has 0 bridgehead atoms. The molecule has 1 N–H and O–H groups in total. The third kappa shape index (κ3) is 3.90. The number of rotatable bonds is 4. The molecule has 9 nitrogen and oxygen atoms in total. The van der Waals surface area contributed by atoms with Gasteiger partial charge >= 0.3 is 0 Å². The second-order valence-electron chi connectivity index (χ2n) is 6.40. The summed E-state index contributed by atoms with van der Waals surface area (Å²) in [5.41, 5.74) is 1.94. The van der Waals surface area contributed by atoms with Gasteiger partial charge in [0.15, 0.2) is 11.5 Å². The topological polar surface area (TPSA) is 126 Å². The van der Waals surface area contributed by atoms with Crippen LogP contribution in [0, 0.1) is 10.1 Å². The molecule has 0 aliphatic carbocycles. The molecule has 0 fully saturated rings. The van der Waals surface area contributed by atoms with Crippen LogP contribution in [-0.4, -0.2) is 29.8 Å². The molecule has 1 heterocycles. The Morgan fingerprint density at radius 2 is 1.90 bits per heavy atom. The highest BCUT2D eigenvalue weighted by molar-refractivity contribution is 9.10.